The first-order valence-corrected chi connectivity index (χ1v) is 12.0. The molecule has 1 aromatic rings. The Balaban J connectivity index is 1.53. The largest absolute Gasteiger partial charge is 0.447 e. The fourth-order valence-electron chi connectivity index (χ4n) is 4.62. The van der Waals surface area contributed by atoms with Gasteiger partial charge in [0.05, 0.1) is 24.0 Å². The van der Waals surface area contributed by atoms with Crippen LogP contribution in [0.15, 0.2) is 36.3 Å². The van der Waals surface area contributed by atoms with Gasteiger partial charge in [0.1, 0.15) is 11.6 Å². The highest BCUT2D eigenvalue weighted by molar-refractivity contribution is 6.39. The third-order valence-corrected chi connectivity index (χ3v) is 6.61. The second kappa shape index (κ2) is 10.1. The van der Waals surface area contributed by atoms with Gasteiger partial charge in [0.25, 0.3) is 0 Å². The van der Waals surface area contributed by atoms with E-state index in [0.29, 0.717) is 23.8 Å². The molecule has 188 valence electrons. The molecule has 1 saturated heterocycles. The Morgan fingerprint density at radius 2 is 1.97 bits per heavy atom. The lowest BCUT2D eigenvalue weighted by Crippen LogP contribution is -2.63. The molecule has 3 N–H and O–H groups in total. The molecule has 1 aliphatic heterocycles. The summed E-state index contributed by atoms with van der Waals surface area (Å²) in [7, 11) is 0. The first-order chi connectivity index (χ1) is 16.6. The molecule has 0 bridgehead atoms. The minimum atomic E-state index is -0.796. The molecule has 3 aliphatic rings. The van der Waals surface area contributed by atoms with E-state index in [1.807, 2.05) is 0 Å². The molecule has 2 aliphatic carbocycles. The molecule has 9 nitrogen and oxygen atoms in total. The van der Waals surface area contributed by atoms with Crippen LogP contribution in [0, 0.1) is 5.92 Å². The molecule has 4 rings (SSSR count). The van der Waals surface area contributed by atoms with Gasteiger partial charge in [0, 0.05) is 25.0 Å². The molecule has 35 heavy (non-hydrogen) atoms. The number of hydrogen-bond acceptors (Lipinski definition) is 6. The topological polar surface area (TPSA) is 118 Å². The van der Waals surface area contributed by atoms with Gasteiger partial charge in [-0.3, -0.25) is 9.59 Å². The van der Waals surface area contributed by atoms with Crippen LogP contribution in [0.25, 0.3) is 0 Å². The number of anilines is 2. The number of ether oxygens (including phenoxy) is 1. The first-order valence-electron chi connectivity index (χ1n) is 12.0. The van der Waals surface area contributed by atoms with Crippen molar-refractivity contribution in [1.29, 1.82) is 0 Å². The highest BCUT2D eigenvalue weighted by atomic mass is 19.1. The molecule has 3 amide bonds. The van der Waals surface area contributed by atoms with Gasteiger partial charge < -0.3 is 25.6 Å². The average Bonchev–Trinajstić information content (AvgIpc) is 3.65. The molecule has 10 heteroatoms. The maximum Gasteiger partial charge on any atom is 0.410 e. The Bertz CT molecular complexity index is 1070. The van der Waals surface area contributed by atoms with Gasteiger partial charge >= 0.3 is 17.9 Å². The standard InChI is InChI=1S/C25H32FN5O4/c1-14(2)35-25(34)30-13-21(17-6-8-18(26)9-7-17)31(12-15(30)3)24(33)23(32)29-19-10-20(16-4-5-16)22(27)28-11-19/h6,8-11,14-17,21H,4-5,7,12-13H2,1-3H3,(H2,27,28)(H,29,32)/t15-,17?,21-/m0/s1. The number of nitrogen functional groups attached to an aromatic ring is 1. The van der Waals surface area contributed by atoms with Crippen LogP contribution in [-0.4, -0.2) is 64.0 Å². The van der Waals surface area contributed by atoms with E-state index in [-0.39, 0.29) is 37.0 Å². The van der Waals surface area contributed by atoms with Crippen molar-refractivity contribution in [3.8, 4) is 0 Å². The van der Waals surface area contributed by atoms with E-state index >= 15 is 0 Å². The van der Waals surface area contributed by atoms with E-state index in [4.69, 9.17) is 10.5 Å². The minimum Gasteiger partial charge on any atom is -0.447 e. The van der Waals surface area contributed by atoms with Crippen molar-refractivity contribution in [3.63, 3.8) is 0 Å². The lowest BCUT2D eigenvalue weighted by Gasteiger charge is -2.47. The van der Waals surface area contributed by atoms with Crippen LogP contribution in [0.4, 0.5) is 20.7 Å². The number of hydrogen-bond donors (Lipinski definition) is 2. The predicted octanol–water partition coefficient (Wildman–Crippen LogP) is 3.36. The number of carbonyl (C=O) groups excluding carboxylic acids is 3. The highest BCUT2D eigenvalue weighted by Crippen LogP contribution is 2.42. The Hall–Kier alpha value is -3.43. The summed E-state index contributed by atoms with van der Waals surface area (Å²) in [6, 6.07) is 0.882. The SMILES string of the molecule is CC(C)OC(=O)N1C[C@@H](C2C=CC(F)=CC2)N(C(=O)C(=O)Nc2cnc(N)c(C3CC3)c2)C[C@@H]1C. The van der Waals surface area contributed by atoms with Crippen molar-refractivity contribution >= 4 is 29.4 Å². The number of nitrogens with one attached hydrogen (secondary N) is 1. The van der Waals surface area contributed by atoms with E-state index in [2.05, 4.69) is 10.3 Å². The van der Waals surface area contributed by atoms with Crippen LogP contribution in [0.2, 0.25) is 0 Å². The van der Waals surface area contributed by atoms with Crippen molar-refractivity contribution in [2.75, 3.05) is 24.1 Å². The Morgan fingerprint density at radius 1 is 1.23 bits per heavy atom. The van der Waals surface area contributed by atoms with Gasteiger partial charge in [0.2, 0.25) is 0 Å². The molecule has 2 fully saturated rings. The predicted molar refractivity (Wildman–Crippen MR) is 129 cm³/mol. The summed E-state index contributed by atoms with van der Waals surface area (Å²) in [5, 5.41) is 2.65. The molecule has 3 atom stereocenters. The second-order valence-corrected chi connectivity index (χ2v) is 9.73. The molecule has 0 aromatic carbocycles. The average molecular weight is 486 g/mol. The number of aromatic nitrogens is 1. The van der Waals surface area contributed by atoms with Gasteiger partial charge in [-0.15, -0.1) is 0 Å². The molecule has 0 radical (unpaired) electrons. The summed E-state index contributed by atoms with van der Waals surface area (Å²) in [4.78, 5) is 46.2. The number of pyridine rings is 1. The molecule has 1 saturated carbocycles. The lowest BCUT2D eigenvalue weighted by atomic mass is 9.88. The Morgan fingerprint density at radius 3 is 2.60 bits per heavy atom. The zero-order chi connectivity index (χ0) is 25.3. The van der Waals surface area contributed by atoms with Crippen LogP contribution >= 0.6 is 0 Å². The summed E-state index contributed by atoms with van der Waals surface area (Å²) >= 11 is 0. The van der Waals surface area contributed by atoms with Crippen LogP contribution in [0.3, 0.4) is 0 Å². The Kier molecular flexibility index (Phi) is 7.09. The summed E-state index contributed by atoms with van der Waals surface area (Å²) in [5.74, 6) is -1.35. The number of nitrogens with two attached hydrogens (primary N) is 1. The summed E-state index contributed by atoms with van der Waals surface area (Å²) in [6.45, 7) is 5.65. The quantitative estimate of drug-likeness (QED) is 0.632. The lowest BCUT2D eigenvalue weighted by molar-refractivity contribution is -0.148. The molecule has 1 unspecified atom stereocenters. The van der Waals surface area contributed by atoms with E-state index < -0.39 is 23.9 Å². The van der Waals surface area contributed by atoms with Gasteiger partial charge in [-0.25, -0.2) is 14.2 Å². The van der Waals surface area contributed by atoms with Gasteiger partial charge in [-0.2, -0.15) is 0 Å². The van der Waals surface area contributed by atoms with Gasteiger partial charge in [0.15, 0.2) is 0 Å². The fraction of sp³-hybridized carbons (Fsp3) is 0.520. The first kappa shape index (κ1) is 24.7. The Labute approximate surface area is 204 Å². The van der Waals surface area contributed by atoms with Crippen molar-refractivity contribution in [1.82, 2.24) is 14.8 Å². The van der Waals surface area contributed by atoms with Crippen LogP contribution in [0.1, 0.15) is 51.5 Å². The summed E-state index contributed by atoms with van der Waals surface area (Å²) < 4.78 is 19.0. The number of piperazine rings is 1. The molecular weight excluding hydrogens is 453 g/mol. The van der Waals surface area contributed by atoms with Crippen molar-refractivity contribution in [2.45, 2.75) is 64.1 Å². The maximum atomic E-state index is 13.6. The van der Waals surface area contributed by atoms with E-state index in [0.717, 1.165) is 18.4 Å². The number of rotatable bonds is 4. The minimum absolute atomic E-state index is 0.147. The van der Waals surface area contributed by atoms with Crippen LogP contribution < -0.4 is 11.1 Å². The van der Waals surface area contributed by atoms with Gasteiger partial charge in [-0.1, -0.05) is 6.08 Å². The smallest absolute Gasteiger partial charge is 0.410 e. The van der Waals surface area contributed by atoms with Crippen molar-refractivity contribution < 1.29 is 23.5 Å². The van der Waals surface area contributed by atoms with Crippen molar-refractivity contribution in [2.24, 2.45) is 5.92 Å². The van der Waals surface area contributed by atoms with E-state index in [1.54, 1.807) is 37.8 Å². The molecular formula is C25H32FN5O4. The monoisotopic (exact) mass is 485 g/mol. The van der Waals surface area contributed by atoms with Gasteiger partial charge in [-0.05, 0) is 69.7 Å². The highest BCUT2D eigenvalue weighted by Gasteiger charge is 2.42. The summed E-state index contributed by atoms with van der Waals surface area (Å²) in [5.41, 5.74) is 7.24. The van der Waals surface area contributed by atoms with Crippen LogP contribution in [0.5, 0.6) is 0 Å². The molecule has 2 heterocycles. The third kappa shape index (κ3) is 5.63. The number of nitrogens with zero attached hydrogens (tertiary/aromatic N) is 3. The van der Waals surface area contributed by atoms with Crippen LogP contribution in [-0.2, 0) is 14.3 Å². The number of allylic oxidation sites excluding steroid dienone is 3. The number of halogens is 1. The maximum absolute atomic E-state index is 13.6. The molecule has 1 aromatic heterocycles. The van der Waals surface area contributed by atoms with E-state index in [9.17, 15) is 18.8 Å². The second-order valence-electron chi connectivity index (χ2n) is 9.73. The normalized spacial score (nSPS) is 24.3. The fourth-order valence-corrected chi connectivity index (χ4v) is 4.62. The third-order valence-electron chi connectivity index (χ3n) is 6.61. The zero-order valence-electron chi connectivity index (χ0n) is 20.2. The number of carbonyl (C=O) groups is 3. The van der Waals surface area contributed by atoms with E-state index in [1.165, 1.54) is 23.2 Å². The molecule has 0 spiro atoms. The van der Waals surface area contributed by atoms with Crippen molar-refractivity contribution in [3.05, 3.63) is 41.9 Å². The zero-order valence-corrected chi connectivity index (χ0v) is 20.2. The number of amides is 3. The summed E-state index contributed by atoms with van der Waals surface area (Å²) in [6.07, 6.45) is 7.55.